The molecule has 0 aliphatic heterocycles. The van der Waals surface area contributed by atoms with Crippen LogP contribution in [-0.2, 0) is 6.42 Å². The van der Waals surface area contributed by atoms with Gasteiger partial charge >= 0.3 is 0 Å². The van der Waals surface area contributed by atoms with Crippen LogP contribution < -0.4 is 5.32 Å². The Morgan fingerprint density at radius 1 is 1.53 bits per heavy atom. The van der Waals surface area contributed by atoms with Crippen molar-refractivity contribution in [3.05, 3.63) is 46.5 Å². The zero-order valence-electron chi connectivity index (χ0n) is 9.15. The number of halogens is 2. The average Bonchev–Trinajstić information content (AvgIpc) is 2.84. The van der Waals surface area contributed by atoms with Crippen molar-refractivity contribution < 1.29 is 4.39 Å². The van der Waals surface area contributed by atoms with Gasteiger partial charge in [0, 0.05) is 0 Å². The Morgan fingerprint density at radius 2 is 2.35 bits per heavy atom. The molecule has 0 spiro atoms. The lowest BCUT2D eigenvalue weighted by Crippen LogP contribution is -2.19. The van der Waals surface area contributed by atoms with E-state index >= 15 is 0 Å². The summed E-state index contributed by atoms with van der Waals surface area (Å²) in [6.07, 6.45) is 2.37. The summed E-state index contributed by atoms with van der Waals surface area (Å²) in [7, 11) is 1.84. The molecule has 2 rings (SSSR count). The van der Waals surface area contributed by atoms with Gasteiger partial charge in [-0.15, -0.1) is 0 Å². The van der Waals surface area contributed by atoms with E-state index in [0.29, 0.717) is 6.42 Å². The van der Waals surface area contributed by atoms with Gasteiger partial charge in [-0.1, -0.05) is 17.7 Å². The van der Waals surface area contributed by atoms with E-state index in [1.807, 2.05) is 13.1 Å². The molecule has 0 radical (unpaired) electrons. The Balaban J connectivity index is 2.16. The van der Waals surface area contributed by atoms with Crippen molar-refractivity contribution in [2.45, 2.75) is 12.5 Å². The van der Waals surface area contributed by atoms with Gasteiger partial charge in [-0.25, -0.2) is 4.39 Å². The molecule has 0 saturated heterocycles. The van der Waals surface area contributed by atoms with Crippen LogP contribution in [0, 0.1) is 5.82 Å². The van der Waals surface area contributed by atoms with E-state index < -0.39 is 5.82 Å². The van der Waals surface area contributed by atoms with Gasteiger partial charge in [0.05, 0.1) is 34.7 Å². The van der Waals surface area contributed by atoms with Gasteiger partial charge in [-0.05, 0) is 31.2 Å². The molecule has 1 heterocycles. The number of benzene rings is 1. The SMILES string of the molecule is CNC(Cc1ccc(Cl)c(F)c1)c1cnsn1. The van der Waals surface area contributed by atoms with E-state index in [1.165, 1.54) is 6.07 Å². The number of hydrogen-bond donors (Lipinski definition) is 1. The fraction of sp³-hybridized carbons (Fsp3) is 0.273. The molecule has 6 heteroatoms. The summed E-state index contributed by atoms with van der Waals surface area (Å²) in [5.41, 5.74) is 1.74. The average molecular weight is 272 g/mol. The lowest BCUT2D eigenvalue weighted by atomic mass is 10.0. The van der Waals surface area contributed by atoms with Crippen LogP contribution >= 0.6 is 23.3 Å². The van der Waals surface area contributed by atoms with Crippen molar-refractivity contribution in [2.75, 3.05) is 7.05 Å². The van der Waals surface area contributed by atoms with Crippen LogP contribution in [0.1, 0.15) is 17.3 Å². The first-order valence-corrected chi connectivity index (χ1v) is 6.20. The third-order valence-corrected chi connectivity index (χ3v) is 3.31. The highest BCUT2D eigenvalue weighted by Gasteiger charge is 2.13. The predicted molar refractivity (Wildman–Crippen MR) is 66.8 cm³/mol. The molecular formula is C11H11ClFN3S. The van der Waals surface area contributed by atoms with Gasteiger partial charge in [-0.2, -0.15) is 8.75 Å². The number of aromatic nitrogens is 2. The van der Waals surface area contributed by atoms with Gasteiger partial charge in [-0.3, -0.25) is 0 Å². The van der Waals surface area contributed by atoms with Gasteiger partial charge in [0.25, 0.3) is 0 Å². The smallest absolute Gasteiger partial charge is 0.142 e. The summed E-state index contributed by atoms with van der Waals surface area (Å²) in [4.78, 5) is 0. The largest absolute Gasteiger partial charge is 0.311 e. The summed E-state index contributed by atoms with van der Waals surface area (Å²) in [6.45, 7) is 0. The van der Waals surface area contributed by atoms with E-state index in [4.69, 9.17) is 11.6 Å². The van der Waals surface area contributed by atoms with Crippen LogP contribution in [0.5, 0.6) is 0 Å². The third-order valence-electron chi connectivity index (χ3n) is 2.51. The molecule has 1 aromatic carbocycles. The van der Waals surface area contributed by atoms with E-state index in [1.54, 1.807) is 12.3 Å². The van der Waals surface area contributed by atoms with E-state index in [0.717, 1.165) is 23.0 Å². The van der Waals surface area contributed by atoms with Crippen molar-refractivity contribution in [2.24, 2.45) is 0 Å². The molecule has 3 nitrogen and oxygen atoms in total. The van der Waals surface area contributed by atoms with Gasteiger partial charge in [0.15, 0.2) is 0 Å². The molecule has 2 aromatic rings. The fourth-order valence-electron chi connectivity index (χ4n) is 1.58. The van der Waals surface area contributed by atoms with Crippen molar-refractivity contribution >= 4 is 23.3 Å². The van der Waals surface area contributed by atoms with Crippen molar-refractivity contribution in [3.63, 3.8) is 0 Å². The standard InChI is InChI=1S/C11H11ClFN3S/c1-14-10(11-6-15-17-16-11)5-7-2-3-8(12)9(13)4-7/h2-4,6,10,14H,5H2,1H3. The number of nitrogens with one attached hydrogen (secondary N) is 1. The minimum absolute atomic E-state index is 0.0364. The van der Waals surface area contributed by atoms with Crippen LogP contribution in [-0.4, -0.2) is 15.8 Å². The number of likely N-dealkylation sites (N-methyl/N-ethyl adjacent to an activating group) is 1. The van der Waals surface area contributed by atoms with Crippen molar-refractivity contribution in [1.29, 1.82) is 0 Å². The first-order valence-electron chi connectivity index (χ1n) is 5.09. The van der Waals surface area contributed by atoms with Gasteiger partial charge in [0.2, 0.25) is 0 Å². The van der Waals surface area contributed by atoms with Crippen LogP contribution in [0.2, 0.25) is 5.02 Å². The Bertz CT molecular complexity index is 489. The zero-order valence-corrected chi connectivity index (χ0v) is 10.7. The second kappa shape index (κ2) is 5.53. The molecule has 0 aliphatic carbocycles. The molecule has 1 N–H and O–H groups in total. The quantitative estimate of drug-likeness (QED) is 0.929. The highest BCUT2D eigenvalue weighted by Crippen LogP contribution is 2.20. The Hall–Kier alpha value is -1.04. The molecule has 0 amide bonds. The number of nitrogens with zero attached hydrogens (tertiary/aromatic N) is 2. The van der Waals surface area contributed by atoms with Crippen LogP contribution in [0.25, 0.3) is 0 Å². The van der Waals surface area contributed by atoms with E-state index in [-0.39, 0.29) is 11.1 Å². The number of hydrogen-bond acceptors (Lipinski definition) is 4. The maximum absolute atomic E-state index is 13.3. The van der Waals surface area contributed by atoms with Gasteiger partial charge < -0.3 is 5.32 Å². The lowest BCUT2D eigenvalue weighted by Gasteiger charge is -2.13. The monoisotopic (exact) mass is 271 g/mol. The third kappa shape index (κ3) is 3.00. The van der Waals surface area contributed by atoms with Crippen LogP contribution in [0.4, 0.5) is 4.39 Å². The lowest BCUT2D eigenvalue weighted by molar-refractivity contribution is 0.574. The molecule has 0 bridgehead atoms. The summed E-state index contributed by atoms with van der Waals surface area (Å²) in [5, 5.41) is 3.28. The van der Waals surface area contributed by atoms with Crippen LogP contribution in [0.15, 0.2) is 24.4 Å². The first-order chi connectivity index (χ1) is 8.20. The maximum Gasteiger partial charge on any atom is 0.142 e. The highest BCUT2D eigenvalue weighted by atomic mass is 35.5. The Morgan fingerprint density at radius 3 is 2.94 bits per heavy atom. The Labute approximate surface area is 108 Å². The summed E-state index contributed by atoms with van der Waals surface area (Å²) >= 11 is 6.80. The second-order valence-corrected chi connectivity index (χ2v) is 4.59. The predicted octanol–water partition coefficient (Wildman–Crippen LogP) is 2.83. The topological polar surface area (TPSA) is 37.8 Å². The first kappa shape index (κ1) is 12.4. The molecule has 90 valence electrons. The molecule has 1 aromatic heterocycles. The maximum atomic E-state index is 13.3. The molecule has 1 atom stereocenters. The minimum atomic E-state index is -0.393. The van der Waals surface area contributed by atoms with E-state index in [9.17, 15) is 4.39 Å². The molecular weight excluding hydrogens is 261 g/mol. The summed E-state index contributed by atoms with van der Waals surface area (Å²) < 4.78 is 21.4. The number of rotatable bonds is 4. The van der Waals surface area contributed by atoms with E-state index in [2.05, 4.69) is 14.1 Å². The molecule has 0 fully saturated rings. The molecule has 1 unspecified atom stereocenters. The minimum Gasteiger partial charge on any atom is -0.311 e. The van der Waals surface area contributed by atoms with Gasteiger partial charge in [0.1, 0.15) is 5.82 Å². The Kier molecular flexibility index (Phi) is 4.04. The fourth-order valence-corrected chi connectivity index (χ4v) is 2.17. The summed E-state index contributed by atoms with van der Waals surface area (Å²) in [5.74, 6) is -0.393. The zero-order chi connectivity index (χ0) is 12.3. The highest BCUT2D eigenvalue weighted by molar-refractivity contribution is 6.99. The van der Waals surface area contributed by atoms with Crippen molar-refractivity contribution in [3.8, 4) is 0 Å². The normalized spacial score (nSPS) is 12.6. The van der Waals surface area contributed by atoms with Crippen LogP contribution in [0.3, 0.4) is 0 Å². The molecule has 0 aliphatic rings. The second-order valence-electron chi connectivity index (χ2n) is 3.63. The molecule has 0 saturated carbocycles. The van der Waals surface area contributed by atoms with Crippen molar-refractivity contribution in [1.82, 2.24) is 14.1 Å². The molecule has 17 heavy (non-hydrogen) atoms. The summed E-state index contributed by atoms with van der Waals surface area (Å²) in [6, 6.07) is 4.87.